The first-order valence-electron chi connectivity index (χ1n) is 9.83. The fraction of sp³-hybridized carbons (Fsp3) is 0.667. The Balaban J connectivity index is 1.59. The van der Waals surface area contributed by atoms with Crippen molar-refractivity contribution in [1.82, 2.24) is 5.32 Å². The van der Waals surface area contributed by atoms with Gasteiger partial charge >= 0.3 is 5.97 Å². The van der Waals surface area contributed by atoms with Gasteiger partial charge in [0.2, 0.25) is 0 Å². The lowest BCUT2D eigenvalue weighted by atomic mass is 9.92. The van der Waals surface area contributed by atoms with Crippen LogP contribution < -0.4 is 10.6 Å². The SMILES string of the molecule is CC(C)(C)C#Cc1cc(NC2CCC(O[C@H]3CCNC3)CC2)c(C(=O)O)s1. The fourth-order valence-electron chi connectivity index (χ4n) is 3.55. The van der Waals surface area contributed by atoms with Crippen molar-refractivity contribution in [3.8, 4) is 11.8 Å². The van der Waals surface area contributed by atoms with E-state index in [0.717, 1.165) is 50.1 Å². The summed E-state index contributed by atoms with van der Waals surface area (Å²) in [6.07, 6.45) is 5.86. The van der Waals surface area contributed by atoms with Crippen LogP contribution in [0.3, 0.4) is 0 Å². The molecule has 1 saturated carbocycles. The maximum Gasteiger partial charge on any atom is 0.348 e. The zero-order chi connectivity index (χ0) is 19.4. The normalized spacial score (nSPS) is 25.7. The largest absolute Gasteiger partial charge is 0.477 e. The Morgan fingerprint density at radius 2 is 2.00 bits per heavy atom. The quantitative estimate of drug-likeness (QED) is 0.664. The van der Waals surface area contributed by atoms with Gasteiger partial charge in [-0.15, -0.1) is 11.3 Å². The highest BCUT2D eigenvalue weighted by Crippen LogP contribution is 2.31. The van der Waals surface area contributed by atoms with Crippen molar-refractivity contribution in [3.05, 3.63) is 15.8 Å². The van der Waals surface area contributed by atoms with E-state index in [2.05, 4.69) is 22.5 Å². The molecule has 1 aliphatic heterocycles. The van der Waals surface area contributed by atoms with E-state index < -0.39 is 5.97 Å². The third-order valence-corrected chi connectivity index (χ3v) is 5.96. The lowest BCUT2D eigenvalue weighted by Crippen LogP contribution is -2.32. The molecular formula is C21H30N2O3S. The van der Waals surface area contributed by atoms with Gasteiger partial charge in [-0.25, -0.2) is 4.79 Å². The first-order valence-corrected chi connectivity index (χ1v) is 10.6. The Kier molecular flexibility index (Phi) is 6.46. The van der Waals surface area contributed by atoms with E-state index in [1.54, 1.807) is 0 Å². The minimum absolute atomic E-state index is 0.103. The molecule has 1 aromatic heterocycles. The van der Waals surface area contributed by atoms with Gasteiger partial charge in [0.15, 0.2) is 0 Å². The van der Waals surface area contributed by atoms with Crippen LogP contribution >= 0.6 is 11.3 Å². The number of rotatable bonds is 5. The summed E-state index contributed by atoms with van der Waals surface area (Å²) in [5.41, 5.74) is 0.601. The van der Waals surface area contributed by atoms with Gasteiger partial charge < -0.3 is 20.5 Å². The number of hydrogen-bond donors (Lipinski definition) is 3. The molecule has 6 heteroatoms. The number of carboxylic acids is 1. The van der Waals surface area contributed by atoms with Crippen molar-refractivity contribution in [1.29, 1.82) is 0 Å². The molecule has 1 saturated heterocycles. The van der Waals surface area contributed by atoms with Crippen LogP contribution in [0.25, 0.3) is 0 Å². The van der Waals surface area contributed by atoms with Crippen molar-refractivity contribution in [2.45, 2.75) is 71.1 Å². The van der Waals surface area contributed by atoms with E-state index in [1.807, 2.05) is 26.8 Å². The zero-order valence-corrected chi connectivity index (χ0v) is 17.2. The number of aromatic carboxylic acids is 1. The van der Waals surface area contributed by atoms with Crippen LogP contribution in [0.1, 0.15) is 67.4 Å². The highest BCUT2D eigenvalue weighted by atomic mass is 32.1. The molecule has 148 valence electrons. The Morgan fingerprint density at radius 3 is 2.59 bits per heavy atom. The molecule has 2 fully saturated rings. The molecule has 0 bridgehead atoms. The molecule has 1 atom stereocenters. The maximum absolute atomic E-state index is 11.6. The molecule has 3 rings (SSSR count). The molecular weight excluding hydrogens is 360 g/mol. The summed E-state index contributed by atoms with van der Waals surface area (Å²) in [6, 6.07) is 2.18. The summed E-state index contributed by atoms with van der Waals surface area (Å²) in [5, 5.41) is 16.3. The van der Waals surface area contributed by atoms with E-state index in [9.17, 15) is 9.90 Å². The van der Waals surface area contributed by atoms with E-state index >= 15 is 0 Å². The van der Waals surface area contributed by atoms with Gasteiger partial charge in [0, 0.05) is 18.0 Å². The highest BCUT2D eigenvalue weighted by molar-refractivity contribution is 7.15. The van der Waals surface area contributed by atoms with Gasteiger partial charge in [0.25, 0.3) is 0 Å². The van der Waals surface area contributed by atoms with E-state index in [1.165, 1.54) is 11.3 Å². The van der Waals surface area contributed by atoms with Gasteiger partial charge in [-0.3, -0.25) is 0 Å². The zero-order valence-electron chi connectivity index (χ0n) is 16.4. The number of thiophene rings is 1. The van der Waals surface area contributed by atoms with Gasteiger partial charge in [-0.2, -0.15) is 0 Å². The number of nitrogens with one attached hydrogen (secondary N) is 2. The van der Waals surface area contributed by atoms with Crippen LogP contribution in [-0.4, -0.2) is 42.4 Å². The molecule has 2 heterocycles. The van der Waals surface area contributed by atoms with Crippen LogP contribution in [-0.2, 0) is 4.74 Å². The summed E-state index contributed by atoms with van der Waals surface area (Å²) in [4.78, 5) is 12.8. The highest BCUT2D eigenvalue weighted by Gasteiger charge is 2.27. The molecule has 1 aromatic rings. The first-order chi connectivity index (χ1) is 12.8. The molecule has 0 radical (unpaired) electrons. The summed E-state index contributed by atoms with van der Waals surface area (Å²) >= 11 is 1.25. The van der Waals surface area contributed by atoms with Crippen molar-refractivity contribution < 1.29 is 14.6 Å². The van der Waals surface area contributed by atoms with Crippen LogP contribution in [0.15, 0.2) is 6.07 Å². The van der Waals surface area contributed by atoms with Crippen molar-refractivity contribution in [3.63, 3.8) is 0 Å². The summed E-state index contributed by atoms with van der Waals surface area (Å²) in [6.45, 7) is 8.17. The minimum atomic E-state index is -0.892. The van der Waals surface area contributed by atoms with Crippen molar-refractivity contribution >= 4 is 23.0 Å². The summed E-state index contributed by atoms with van der Waals surface area (Å²) < 4.78 is 6.18. The van der Waals surface area contributed by atoms with Crippen LogP contribution in [0, 0.1) is 17.3 Å². The maximum atomic E-state index is 11.6. The molecule has 27 heavy (non-hydrogen) atoms. The molecule has 0 amide bonds. The van der Waals surface area contributed by atoms with E-state index in [4.69, 9.17) is 4.74 Å². The average molecular weight is 391 g/mol. The Bertz CT molecular complexity index is 712. The first kappa shape index (κ1) is 20.2. The lowest BCUT2D eigenvalue weighted by molar-refractivity contribution is -0.0211. The van der Waals surface area contributed by atoms with Gasteiger partial charge in [-0.1, -0.05) is 11.8 Å². The number of anilines is 1. The smallest absolute Gasteiger partial charge is 0.348 e. The lowest BCUT2D eigenvalue weighted by Gasteiger charge is -2.31. The number of carboxylic acid groups (broad SMARTS) is 1. The Hall–Kier alpha value is -1.55. The Labute approximate surface area is 165 Å². The molecule has 1 aliphatic carbocycles. The topological polar surface area (TPSA) is 70.6 Å². The second-order valence-electron chi connectivity index (χ2n) is 8.53. The van der Waals surface area contributed by atoms with Gasteiger partial charge in [0.05, 0.1) is 22.8 Å². The molecule has 0 spiro atoms. The van der Waals surface area contributed by atoms with E-state index in [0.29, 0.717) is 28.8 Å². The van der Waals surface area contributed by atoms with Gasteiger partial charge in [0.1, 0.15) is 4.88 Å². The fourth-order valence-corrected chi connectivity index (χ4v) is 4.36. The third kappa shape index (κ3) is 5.97. The number of carbonyl (C=O) groups is 1. The predicted molar refractivity (Wildman–Crippen MR) is 110 cm³/mol. The average Bonchev–Trinajstić information content (AvgIpc) is 3.24. The van der Waals surface area contributed by atoms with Crippen LogP contribution in [0.4, 0.5) is 5.69 Å². The molecule has 0 unspecified atom stereocenters. The molecule has 2 aliphatic rings. The standard InChI is InChI=1S/C21H30N2O3S/c1-21(2,3)10-8-17-12-18(19(27-17)20(24)25)23-14-4-6-15(7-5-14)26-16-9-11-22-13-16/h12,14-16,22-23H,4-7,9,11,13H2,1-3H3,(H,24,25)/t14?,15?,16-/m0/s1. The van der Waals surface area contributed by atoms with Crippen LogP contribution in [0.5, 0.6) is 0 Å². The second-order valence-corrected chi connectivity index (χ2v) is 9.58. The summed E-state index contributed by atoms with van der Waals surface area (Å²) in [5.74, 6) is 5.41. The Morgan fingerprint density at radius 1 is 1.26 bits per heavy atom. The molecule has 5 nitrogen and oxygen atoms in total. The van der Waals surface area contributed by atoms with Crippen LogP contribution in [0.2, 0.25) is 0 Å². The van der Waals surface area contributed by atoms with E-state index in [-0.39, 0.29) is 5.41 Å². The van der Waals surface area contributed by atoms with Crippen molar-refractivity contribution in [2.75, 3.05) is 18.4 Å². The second kappa shape index (κ2) is 8.64. The summed E-state index contributed by atoms with van der Waals surface area (Å²) in [7, 11) is 0. The van der Waals surface area contributed by atoms with Gasteiger partial charge in [-0.05, 0) is 65.5 Å². The number of ether oxygens (including phenoxy) is 1. The third-order valence-electron chi connectivity index (χ3n) is 4.92. The van der Waals surface area contributed by atoms with Crippen molar-refractivity contribution in [2.24, 2.45) is 5.41 Å². The minimum Gasteiger partial charge on any atom is -0.477 e. The predicted octanol–water partition coefficient (Wildman–Crippen LogP) is 3.95. The number of hydrogen-bond acceptors (Lipinski definition) is 5. The monoisotopic (exact) mass is 390 g/mol. The molecule has 3 N–H and O–H groups in total. The molecule has 0 aromatic carbocycles.